The first-order chi connectivity index (χ1) is 13.3. The number of methoxy groups -OCH3 is 3. The molecule has 3 rings (SSSR count). The van der Waals surface area contributed by atoms with Gasteiger partial charge in [0, 0.05) is 0 Å². The van der Waals surface area contributed by atoms with E-state index in [0.717, 1.165) is 11.1 Å². The highest BCUT2D eigenvalue weighted by Gasteiger charge is 2.37. The quantitative estimate of drug-likeness (QED) is 0.761. The van der Waals surface area contributed by atoms with Crippen LogP contribution >= 0.6 is 0 Å². The number of sulfone groups is 1. The molecule has 0 aromatic heterocycles. The van der Waals surface area contributed by atoms with Crippen LogP contribution in [0.25, 0.3) is 0 Å². The largest absolute Gasteiger partial charge is 0.504 e. The molecule has 0 aliphatic carbocycles. The Labute approximate surface area is 166 Å². The Morgan fingerprint density at radius 2 is 1.32 bits per heavy atom. The third-order valence-corrected chi connectivity index (χ3v) is 7.16. The number of hydrogen-bond donors (Lipinski definition) is 1. The van der Waals surface area contributed by atoms with Crippen molar-refractivity contribution in [3.05, 3.63) is 47.5 Å². The normalized spacial score (nSPS) is 20.7. The Bertz CT molecular complexity index is 938. The van der Waals surface area contributed by atoms with Crippen LogP contribution < -0.4 is 14.2 Å². The summed E-state index contributed by atoms with van der Waals surface area (Å²) < 4.78 is 40.4. The number of phenols is 1. The molecule has 7 heteroatoms. The Morgan fingerprint density at radius 3 is 1.86 bits per heavy atom. The molecule has 0 spiro atoms. The lowest BCUT2D eigenvalue weighted by Crippen LogP contribution is -2.17. The molecule has 0 bridgehead atoms. The van der Waals surface area contributed by atoms with E-state index in [1.54, 1.807) is 26.4 Å². The number of rotatable bonds is 7. The van der Waals surface area contributed by atoms with Crippen LogP contribution in [0.4, 0.5) is 0 Å². The standard InChI is InChI=1S/C21H26O6S/c1-25-19-7-5-15(11-21(19)27-3)9-17-13-28(23,24)12-16(17)8-14-4-6-18(22)20(10-14)26-2/h4-7,10-11,16-17,22H,8-9,12-13H2,1-3H3/t16-,17-/m0/s1. The summed E-state index contributed by atoms with van der Waals surface area (Å²) in [5.74, 6) is 2.14. The summed E-state index contributed by atoms with van der Waals surface area (Å²) in [6, 6.07) is 10.9. The van der Waals surface area contributed by atoms with Crippen molar-refractivity contribution in [3.63, 3.8) is 0 Å². The molecule has 152 valence electrons. The molecule has 0 radical (unpaired) electrons. The molecule has 6 nitrogen and oxygen atoms in total. The SMILES string of the molecule is COc1cc(C[C@H]2CS(=O)(=O)C[C@@H]2Cc2ccc(OC)c(OC)c2)ccc1O. The zero-order chi connectivity index (χ0) is 20.3. The van der Waals surface area contributed by atoms with Crippen molar-refractivity contribution in [2.24, 2.45) is 11.8 Å². The average molecular weight is 407 g/mol. The van der Waals surface area contributed by atoms with Crippen LogP contribution in [0.2, 0.25) is 0 Å². The van der Waals surface area contributed by atoms with E-state index in [1.807, 2.05) is 24.3 Å². The fraction of sp³-hybridized carbons (Fsp3) is 0.429. The van der Waals surface area contributed by atoms with Crippen LogP contribution in [-0.2, 0) is 22.7 Å². The van der Waals surface area contributed by atoms with Crippen molar-refractivity contribution >= 4 is 9.84 Å². The molecule has 0 saturated carbocycles. The average Bonchev–Trinajstić information content (AvgIpc) is 2.96. The molecule has 0 amide bonds. The molecule has 28 heavy (non-hydrogen) atoms. The first-order valence-electron chi connectivity index (χ1n) is 9.12. The zero-order valence-electron chi connectivity index (χ0n) is 16.3. The van der Waals surface area contributed by atoms with Gasteiger partial charge < -0.3 is 19.3 Å². The van der Waals surface area contributed by atoms with Gasteiger partial charge in [0.15, 0.2) is 32.8 Å². The van der Waals surface area contributed by atoms with Gasteiger partial charge >= 0.3 is 0 Å². The predicted molar refractivity (Wildman–Crippen MR) is 107 cm³/mol. The zero-order valence-corrected chi connectivity index (χ0v) is 17.2. The van der Waals surface area contributed by atoms with Gasteiger partial charge in [0.05, 0.1) is 32.8 Å². The summed E-state index contributed by atoms with van der Waals surface area (Å²) in [6.45, 7) is 0. The van der Waals surface area contributed by atoms with E-state index in [0.29, 0.717) is 30.1 Å². The summed E-state index contributed by atoms with van der Waals surface area (Å²) in [5.41, 5.74) is 1.97. The third-order valence-electron chi connectivity index (χ3n) is 5.29. The van der Waals surface area contributed by atoms with Gasteiger partial charge in [0.1, 0.15) is 0 Å². The lowest BCUT2D eigenvalue weighted by atomic mass is 9.85. The second kappa shape index (κ2) is 8.31. The van der Waals surface area contributed by atoms with Crippen molar-refractivity contribution in [2.75, 3.05) is 32.8 Å². The van der Waals surface area contributed by atoms with Gasteiger partial charge in [-0.25, -0.2) is 8.42 Å². The van der Waals surface area contributed by atoms with Crippen LogP contribution in [0, 0.1) is 11.8 Å². The third kappa shape index (κ3) is 4.52. The van der Waals surface area contributed by atoms with Gasteiger partial charge in [-0.3, -0.25) is 0 Å². The minimum absolute atomic E-state index is 0.00680. The number of benzene rings is 2. The number of hydrogen-bond acceptors (Lipinski definition) is 6. The van der Waals surface area contributed by atoms with Crippen molar-refractivity contribution in [3.8, 4) is 23.0 Å². The maximum absolute atomic E-state index is 12.3. The van der Waals surface area contributed by atoms with Crippen LogP contribution in [-0.4, -0.2) is 46.4 Å². The first kappa shape index (κ1) is 20.3. The molecule has 1 heterocycles. The van der Waals surface area contributed by atoms with Crippen LogP contribution in [0.3, 0.4) is 0 Å². The van der Waals surface area contributed by atoms with E-state index >= 15 is 0 Å². The van der Waals surface area contributed by atoms with Gasteiger partial charge in [-0.05, 0) is 60.1 Å². The fourth-order valence-corrected chi connectivity index (χ4v) is 6.13. The van der Waals surface area contributed by atoms with E-state index in [1.165, 1.54) is 7.11 Å². The summed E-state index contributed by atoms with van der Waals surface area (Å²) in [5, 5.41) is 9.77. The van der Waals surface area contributed by atoms with Crippen molar-refractivity contribution in [1.29, 1.82) is 0 Å². The lowest BCUT2D eigenvalue weighted by molar-refractivity contribution is 0.353. The molecule has 2 aromatic rings. The van der Waals surface area contributed by atoms with Gasteiger partial charge in [0.2, 0.25) is 0 Å². The predicted octanol–water partition coefficient (Wildman–Crippen LogP) is 2.86. The highest BCUT2D eigenvalue weighted by molar-refractivity contribution is 7.91. The van der Waals surface area contributed by atoms with Gasteiger partial charge in [-0.1, -0.05) is 12.1 Å². The van der Waals surface area contributed by atoms with Crippen molar-refractivity contribution in [2.45, 2.75) is 12.8 Å². The lowest BCUT2D eigenvalue weighted by Gasteiger charge is -2.19. The van der Waals surface area contributed by atoms with Crippen molar-refractivity contribution in [1.82, 2.24) is 0 Å². The Kier molecular flexibility index (Phi) is 6.03. The van der Waals surface area contributed by atoms with Crippen LogP contribution in [0.1, 0.15) is 11.1 Å². The molecule has 1 saturated heterocycles. The molecule has 1 N–H and O–H groups in total. The van der Waals surface area contributed by atoms with Gasteiger partial charge in [-0.15, -0.1) is 0 Å². The van der Waals surface area contributed by atoms with E-state index in [4.69, 9.17) is 14.2 Å². The van der Waals surface area contributed by atoms with E-state index in [-0.39, 0.29) is 29.1 Å². The van der Waals surface area contributed by atoms with E-state index < -0.39 is 9.84 Å². The summed E-state index contributed by atoms with van der Waals surface area (Å²) in [7, 11) is 1.60. The monoisotopic (exact) mass is 406 g/mol. The second-order valence-electron chi connectivity index (χ2n) is 7.20. The number of ether oxygens (including phenoxy) is 3. The second-order valence-corrected chi connectivity index (χ2v) is 9.35. The van der Waals surface area contributed by atoms with Crippen molar-refractivity contribution < 1.29 is 27.7 Å². The smallest absolute Gasteiger partial charge is 0.160 e. The first-order valence-corrected chi connectivity index (χ1v) is 10.9. The summed E-state index contributed by atoms with van der Waals surface area (Å²) in [4.78, 5) is 0. The summed E-state index contributed by atoms with van der Waals surface area (Å²) in [6.07, 6.45) is 1.27. The molecule has 0 unspecified atom stereocenters. The molecule has 1 fully saturated rings. The molecule has 2 aromatic carbocycles. The molecule has 1 aliphatic rings. The Balaban J connectivity index is 1.81. The topological polar surface area (TPSA) is 82.1 Å². The molecular formula is C21H26O6S. The van der Waals surface area contributed by atoms with E-state index in [2.05, 4.69) is 0 Å². The minimum atomic E-state index is -3.07. The maximum atomic E-state index is 12.3. The molecule has 2 atom stereocenters. The molecule has 1 aliphatic heterocycles. The number of aromatic hydroxyl groups is 1. The highest BCUT2D eigenvalue weighted by Crippen LogP contribution is 2.35. The number of phenolic OH excluding ortho intramolecular Hbond substituents is 1. The maximum Gasteiger partial charge on any atom is 0.160 e. The van der Waals surface area contributed by atoms with E-state index in [9.17, 15) is 13.5 Å². The summed E-state index contributed by atoms with van der Waals surface area (Å²) >= 11 is 0. The minimum Gasteiger partial charge on any atom is -0.504 e. The van der Waals surface area contributed by atoms with Gasteiger partial charge in [-0.2, -0.15) is 0 Å². The van der Waals surface area contributed by atoms with Crippen LogP contribution in [0.15, 0.2) is 36.4 Å². The Hall–Kier alpha value is -2.41. The fourth-order valence-electron chi connectivity index (χ4n) is 3.91. The molecular weight excluding hydrogens is 380 g/mol. The van der Waals surface area contributed by atoms with Crippen LogP contribution in [0.5, 0.6) is 23.0 Å². The van der Waals surface area contributed by atoms with Gasteiger partial charge in [0.25, 0.3) is 0 Å². The highest BCUT2D eigenvalue weighted by atomic mass is 32.2. The Morgan fingerprint density at radius 1 is 0.821 bits per heavy atom.